The molecule has 1 N–H and O–H groups in total. The lowest BCUT2D eigenvalue weighted by atomic mass is 10.0. The van der Waals surface area contributed by atoms with Crippen LogP contribution in [0.5, 0.6) is 11.5 Å². The lowest BCUT2D eigenvalue weighted by Gasteiger charge is -2.23. The molecule has 0 aromatic heterocycles. The van der Waals surface area contributed by atoms with E-state index in [9.17, 15) is 9.59 Å². The highest BCUT2D eigenvalue weighted by Gasteiger charge is 2.23. The molecule has 2 aromatic rings. The van der Waals surface area contributed by atoms with Crippen LogP contribution in [0.1, 0.15) is 29.5 Å². The molecule has 0 saturated heterocycles. The predicted octanol–water partition coefficient (Wildman–Crippen LogP) is 2.70. The molecule has 0 aliphatic carbocycles. The summed E-state index contributed by atoms with van der Waals surface area (Å²) in [5.41, 5.74) is 3.98. The lowest BCUT2D eigenvalue weighted by Crippen LogP contribution is -2.40. The Hall–Kier alpha value is -3.35. The van der Waals surface area contributed by atoms with E-state index >= 15 is 0 Å². The average Bonchev–Trinajstić information content (AvgIpc) is 2.75. The maximum atomic E-state index is 12.3. The van der Waals surface area contributed by atoms with E-state index in [0.29, 0.717) is 37.3 Å². The Bertz CT molecular complexity index is 938. The highest BCUT2D eigenvalue weighted by atomic mass is 16.5. The van der Waals surface area contributed by atoms with Gasteiger partial charge >= 0.3 is 0 Å². The third-order valence-electron chi connectivity index (χ3n) is 4.97. The molecule has 0 saturated carbocycles. The maximum absolute atomic E-state index is 12.3. The Morgan fingerprint density at radius 3 is 2.50 bits per heavy atom. The van der Waals surface area contributed by atoms with E-state index in [4.69, 9.17) is 9.47 Å². The highest BCUT2D eigenvalue weighted by molar-refractivity contribution is 6.04. The zero-order valence-corrected chi connectivity index (χ0v) is 17.6. The van der Waals surface area contributed by atoms with Crippen LogP contribution in [-0.2, 0) is 16.0 Å². The van der Waals surface area contributed by atoms with Gasteiger partial charge in [-0.2, -0.15) is 5.10 Å². The fourth-order valence-electron chi connectivity index (χ4n) is 3.25. The molecule has 2 amide bonds. The number of methoxy groups -OCH3 is 2. The number of benzene rings is 2. The summed E-state index contributed by atoms with van der Waals surface area (Å²) in [4.78, 5) is 24.5. The van der Waals surface area contributed by atoms with Gasteiger partial charge in [-0.3, -0.25) is 9.59 Å². The summed E-state index contributed by atoms with van der Waals surface area (Å²) in [6, 6.07) is 13.7. The molecule has 30 heavy (non-hydrogen) atoms. The molecule has 0 unspecified atom stereocenters. The summed E-state index contributed by atoms with van der Waals surface area (Å²) >= 11 is 0. The van der Waals surface area contributed by atoms with E-state index in [1.165, 1.54) is 5.01 Å². The molecule has 158 valence electrons. The van der Waals surface area contributed by atoms with Crippen molar-refractivity contribution in [2.45, 2.75) is 26.2 Å². The van der Waals surface area contributed by atoms with Crippen LogP contribution in [-0.4, -0.2) is 49.8 Å². The zero-order valence-electron chi connectivity index (χ0n) is 17.6. The molecule has 0 spiro atoms. The van der Waals surface area contributed by atoms with Crippen LogP contribution in [0.2, 0.25) is 0 Å². The van der Waals surface area contributed by atoms with E-state index in [1.807, 2.05) is 49.4 Å². The van der Waals surface area contributed by atoms with Crippen molar-refractivity contribution in [1.29, 1.82) is 0 Å². The molecule has 0 fully saturated rings. The third kappa shape index (κ3) is 5.37. The zero-order chi connectivity index (χ0) is 21.5. The second-order valence-electron chi connectivity index (χ2n) is 7.15. The second-order valence-corrected chi connectivity index (χ2v) is 7.15. The molecular weight excluding hydrogens is 382 g/mol. The quantitative estimate of drug-likeness (QED) is 0.727. The average molecular weight is 409 g/mol. The van der Waals surface area contributed by atoms with Crippen molar-refractivity contribution in [2.24, 2.45) is 5.10 Å². The van der Waals surface area contributed by atoms with E-state index in [0.717, 1.165) is 22.4 Å². The topological polar surface area (TPSA) is 80.2 Å². The first-order valence-corrected chi connectivity index (χ1v) is 9.92. The second kappa shape index (κ2) is 9.91. The van der Waals surface area contributed by atoms with Crippen LogP contribution in [0, 0.1) is 6.92 Å². The van der Waals surface area contributed by atoms with Crippen LogP contribution in [0.4, 0.5) is 0 Å². The van der Waals surface area contributed by atoms with Gasteiger partial charge in [-0.1, -0.05) is 35.9 Å². The van der Waals surface area contributed by atoms with Gasteiger partial charge in [0, 0.05) is 19.4 Å². The van der Waals surface area contributed by atoms with Gasteiger partial charge in [-0.25, -0.2) is 5.01 Å². The van der Waals surface area contributed by atoms with Gasteiger partial charge in [0.1, 0.15) is 6.54 Å². The maximum Gasteiger partial charge on any atom is 0.243 e. The van der Waals surface area contributed by atoms with Crippen molar-refractivity contribution in [2.75, 3.05) is 27.3 Å². The number of hydrogen-bond donors (Lipinski definition) is 1. The molecule has 1 heterocycles. The Kier molecular flexibility index (Phi) is 7.06. The Morgan fingerprint density at radius 1 is 1.07 bits per heavy atom. The molecule has 7 heteroatoms. The van der Waals surface area contributed by atoms with Gasteiger partial charge < -0.3 is 14.8 Å². The van der Waals surface area contributed by atoms with Crippen molar-refractivity contribution >= 4 is 17.5 Å². The largest absolute Gasteiger partial charge is 0.493 e. The summed E-state index contributed by atoms with van der Waals surface area (Å²) in [5, 5.41) is 8.54. The van der Waals surface area contributed by atoms with Crippen molar-refractivity contribution in [1.82, 2.24) is 10.3 Å². The Labute approximate surface area is 176 Å². The number of amides is 2. The highest BCUT2D eigenvalue weighted by Crippen LogP contribution is 2.27. The normalized spacial score (nSPS) is 13.6. The molecule has 0 atom stereocenters. The first-order valence-electron chi connectivity index (χ1n) is 9.92. The molecule has 0 bridgehead atoms. The minimum absolute atomic E-state index is 0.0832. The summed E-state index contributed by atoms with van der Waals surface area (Å²) < 4.78 is 10.5. The molecule has 7 nitrogen and oxygen atoms in total. The molecule has 3 rings (SSSR count). The lowest BCUT2D eigenvalue weighted by molar-refractivity contribution is -0.136. The van der Waals surface area contributed by atoms with Crippen LogP contribution >= 0.6 is 0 Å². The number of hydrogen-bond acceptors (Lipinski definition) is 5. The number of ether oxygens (including phenoxy) is 2. The van der Waals surface area contributed by atoms with Gasteiger partial charge in [-0.15, -0.1) is 0 Å². The minimum Gasteiger partial charge on any atom is -0.493 e. The summed E-state index contributed by atoms with van der Waals surface area (Å²) in [6.07, 6.45) is 1.57. The molecule has 0 radical (unpaired) electrons. The smallest absolute Gasteiger partial charge is 0.243 e. The molecule has 1 aliphatic rings. The fourth-order valence-corrected chi connectivity index (χ4v) is 3.25. The fraction of sp³-hybridized carbons (Fsp3) is 0.348. The van der Waals surface area contributed by atoms with Crippen molar-refractivity contribution in [3.8, 4) is 11.5 Å². The SMILES string of the molecule is COc1ccc(CCNC(=O)CN2N=C(c3ccc(C)cc3)CCC2=O)cc1OC. The van der Waals surface area contributed by atoms with E-state index < -0.39 is 0 Å². The van der Waals surface area contributed by atoms with Gasteiger partial charge in [0.15, 0.2) is 11.5 Å². The number of hydrazone groups is 1. The van der Waals surface area contributed by atoms with Crippen LogP contribution in [0.3, 0.4) is 0 Å². The number of nitrogens with zero attached hydrogens (tertiary/aromatic N) is 2. The van der Waals surface area contributed by atoms with Gasteiger partial charge in [0.05, 0.1) is 19.9 Å². The van der Waals surface area contributed by atoms with Gasteiger partial charge in [0.25, 0.3) is 0 Å². The van der Waals surface area contributed by atoms with E-state index in [-0.39, 0.29) is 18.4 Å². The van der Waals surface area contributed by atoms with Crippen molar-refractivity contribution < 1.29 is 19.1 Å². The predicted molar refractivity (Wildman–Crippen MR) is 115 cm³/mol. The number of aryl methyl sites for hydroxylation is 1. The standard InChI is InChI=1S/C23H27N3O4/c1-16-4-7-18(8-5-16)19-9-11-23(28)26(25-19)15-22(27)24-13-12-17-6-10-20(29-2)21(14-17)30-3/h4-8,10,14H,9,11-13,15H2,1-3H3,(H,24,27). The number of carbonyl (C=O) groups excluding carboxylic acids is 2. The number of nitrogens with one attached hydrogen (secondary N) is 1. The van der Waals surface area contributed by atoms with Crippen molar-refractivity contribution in [3.05, 3.63) is 59.2 Å². The Balaban J connectivity index is 1.55. The summed E-state index contributed by atoms with van der Waals surface area (Å²) in [5.74, 6) is 0.938. The van der Waals surface area contributed by atoms with E-state index in [2.05, 4.69) is 10.4 Å². The van der Waals surface area contributed by atoms with Crippen molar-refractivity contribution in [3.63, 3.8) is 0 Å². The monoisotopic (exact) mass is 409 g/mol. The number of rotatable bonds is 8. The van der Waals surface area contributed by atoms with E-state index in [1.54, 1.807) is 14.2 Å². The summed E-state index contributed by atoms with van der Waals surface area (Å²) in [7, 11) is 3.18. The first kappa shape index (κ1) is 21.4. The summed E-state index contributed by atoms with van der Waals surface area (Å²) in [6.45, 7) is 2.39. The van der Waals surface area contributed by atoms with Crippen LogP contribution < -0.4 is 14.8 Å². The third-order valence-corrected chi connectivity index (χ3v) is 4.97. The van der Waals surface area contributed by atoms with Gasteiger partial charge in [0.2, 0.25) is 11.8 Å². The molecule has 1 aliphatic heterocycles. The minimum atomic E-state index is -0.238. The van der Waals surface area contributed by atoms with Gasteiger partial charge in [-0.05, 0) is 36.6 Å². The van der Waals surface area contributed by atoms with Crippen LogP contribution in [0.25, 0.3) is 0 Å². The molecular formula is C23H27N3O4. The Morgan fingerprint density at radius 2 is 1.80 bits per heavy atom. The number of carbonyl (C=O) groups is 2. The molecule has 2 aromatic carbocycles. The van der Waals surface area contributed by atoms with Crippen LogP contribution in [0.15, 0.2) is 47.6 Å². The first-order chi connectivity index (χ1) is 14.5.